The smallest absolute Gasteiger partial charge is 0.00777 e. The van der Waals surface area contributed by atoms with Gasteiger partial charge in [-0.2, -0.15) is 0 Å². The number of piperidine rings is 1. The molecule has 0 aromatic carbocycles. The first-order chi connectivity index (χ1) is 6.78. The van der Waals surface area contributed by atoms with Crippen LogP contribution >= 0.6 is 0 Å². The van der Waals surface area contributed by atoms with Crippen molar-refractivity contribution in [3.8, 4) is 0 Å². The predicted molar refractivity (Wildman–Crippen MR) is 68.1 cm³/mol. The average Bonchev–Trinajstić information content (AvgIpc) is 2.00. The van der Waals surface area contributed by atoms with Gasteiger partial charge in [0.25, 0.3) is 0 Å². The summed E-state index contributed by atoms with van der Waals surface area (Å²) in [4.78, 5) is 2.68. The van der Waals surface area contributed by atoms with E-state index < -0.39 is 0 Å². The maximum Gasteiger partial charge on any atom is 0.00777 e. The van der Waals surface area contributed by atoms with Crippen molar-refractivity contribution in [3.63, 3.8) is 0 Å². The van der Waals surface area contributed by atoms with Gasteiger partial charge >= 0.3 is 0 Å². The Hall–Kier alpha value is -0.0400. The van der Waals surface area contributed by atoms with Crippen molar-refractivity contribution in [1.29, 1.82) is 0 Å². The lowest BCUT2D eigenvalue weighted by atomic mass is 9.67. The van der Waals surface area contributed by atoms with Gasteiger partial charge in [-0.15, -0.1) is 0 Å². The van der Waals surface area contributed by atoms with E-state index in [0.717, 1.165) is 18.0 Å². The van der Waals surface area contributed by atoms with Crippen LogP contribution in [0.4, 0.5) is 0 Å². The highest BCUT2D eigenvalue weighted by Gasteiger charge is 2.40. The normalized spacial score (nSPS) is 39.0. The van der Waals surface area contributed by atoms with E-state index in [1.807, 2.05) is 0 Å². The molecular weight excluding hydrogens is 182 g/mol. The van der Waals surface area contributed by atoms with Crippen molar-refractivity contribution in [3.05, 3.63) is 0 Å². The van der Waals surface area contributed by atoms with Crippen LogP contribution in [0.1, 0.15) is 61.3 Å². The van der Waals surface area contributed by atoms with Gasteiger partial charge in [0.2, 0.25) is 0 Å². The van der Waals surface area contributed by atoms with E-state index in [2.05, 4.69) is 53.4 Å². The number of rotatable bonds is 2. The molecule has 0 radical (unpaired) electrons. The van der Waals surface area contributed by atoms with Crippen LogP contribution in [0.25, 0.3) is 0 Å². The molecule has 1 heteroatoms. The molecule has 1 heterocycles. The third-order valence-corrected chi connectivity index (χ3v) is 4.53. The molecule has 2 atom stereocenters. The highest BCUT2D eigenvalue weighted by molar-refractivity contribution is 4.93. The van der Waals surface area contributed by atoms with E-state index in [4.69, 9.17) is 0 Å². The standard InChI is InChI=1S/C14H29N/c1-10(2)14(7)8-12(5)15(11(3)4)13(6)9-14/h10-13H,8-9H2,1-7H3. The van der Waals surface area contributed by atoms with Crippen molar-refractivity contribution < 1.29 is 0 Å². The van der Waals surface area contributed by atoms with Crippen LogP contribution < -0.4 is 0 Å². The summed E-state index contributed by atoms with van der Waals surface area (Å²) in [5.74, 6) is 0.803. The number of hydrogen-bond acceptors (Lipinski definition) is 1. The summed E-state index contributed by atoms with van der Waals surface area (Å²) in [6.45, 7) is 16.7. The lowest BCUT2D eigenvalue weighted by Crippen LogP contribution is -2.53. The minimum Gasteiger partial charge on any atom is -0.296 e. The molecule has 2 unspecified atom stereocenters. The highest BCUT2D eigenvalue weighted by atomic mass is 15.2. The van der Waals surface area contributed by atoms with E-state index >= 15 is 0 Å². The molecule has 0 aliphatic carbocycles. The van der Waals surface area contributed by atoms with Gasteiger partial charge < -0.3 is 0 Å². The first-order valence-corrected chi connectivity index (χ1v) is 6.55. The van der Waals surface area contributed by atoms with Crippen LogP contribution in [-0.4, -0.2) is 23.0 Å². The number of nitrogens with zero attached hydrogens (tertiary/aromatic N) is 1. The summed E-state index contributed by atoms with van der Waals surface area (Å²) in [5.41, 5.74) is 0.546. The fourth-order valence-corrected chi connectivity index (χ4v) is 3.57. The summed E-state index contributed by atoms with van der Waals surface area (Å²) >= 11 is 0. The first-order valence-electron chi connectivity index (χ1n) is 6.55. The molecule has 90 valence electrons. The van der Waals surface area contributed by atoms with E-state index in [1.165, 1.54) is 12.8 Å². The van der Waals surface area contributed by atoms with Crippen LogP contribution in [0.2, 0.25) is 0 Å². The van der Waals surface area contributed by atoms with Crippen LogP contribution in [-0.2, 0) is 0 Å². The zero-order chi connectivity index (χ0) is 11.8. The van der Waals surface area contributed by atoms with Crippen LogP contribution in [0, 0.1) is 11.3 Å². The number of likely N-dealkylation sites (tertiary alicyclic amines) is 1. The van der Waals surface area contributed by atoms with Crippen molar-refractivity contribution in [2.45, 2.75) is 79.4 Å². The van der Waals surface area contributed by atoms with Crippen LogP contribution in [0.15, 0.2) is 0 Å². The summed E-state index contributed by atoms with van der Waals surface area (Å²) in [6.07, 6.45) is 2.71. The molecule has 1 rings (SSSR count). The quantitative estimate of drug-likeness (QED) is 0.669. The fraction of sp³-hybridized carbons (Fsp3) is 1.00. The van der Waals surface area contributed by atoms with Crippen molar-refractivity contribution in [2.24, 2.45) is 11.3 Å². The molecule has 1 saturated heterocycles. The molecule has 0 bridgehead atoms. The monoisotopic (exact) mass is 211 g/mol. The van der Waals surface area contributed by atoms with Crippen molar-refractivity contribution in [2.75, 3.05) is 0 Å². The lowest BCUT2D eigenvalue weighted by Gasteiger charge is -2.51. The molecule has 0 spiro atoms. The van der Waals surface area contributed by atoms with E-state index in [-0.39, 0.29) is 0 Å². The Morgan fingerprint density at radius 1 is 1.00 bits per heavy atom. The van der Waals surface area contributed by atoms with E-state index in [9.17, 15) is 0 Å². The summed E-state index contributed by atoms with van der Waals surface area (Å²) in [5, 5.41) is 0. The van der Waals surface area contributed by atoms with E-state index in [1.54, 1.807) is 0 Å². The molecule has 1 aliphatic heterocycles. The summed E-state index contributed by atoms with van der Waals surface area (Å²) < 4.78 is 0. The molecule has 0 aromatic heterocycles. The third-order valence-electron chi connectivity index (χ3n) is 4.53. The molecule has 1 aliphatic rings. The van der Waals surface area contributed by atoms with Crippen molar-refractivity contribution >= 4 is 0 Å². The molecule has 0 aromatic rings. The molecule has 1 fully saturated rings. The van der Waals surface area contributed by atoms with Gasteiger partial charge in [-0.3, -0.25) is 4.90 Å². The maximum absolute atomic E-state index is 2.68. The first kappa shape index (κ1) is 13.0. The Morgan fingerprint density at radius 2 is 1.40 bits per heavy atom. The minimum atomic E-state index is 0.546. The molecule has 1 nitrogen and oxygen atoms in total. The topological polar surface area (TPSA) is 3.24 Å². The highest BCUT2D eigenvalue weighted by Crippen LogP contribution is 2.43. The summed E-state index contributed by atoms with van der Waals surface area (Å²) in [7, 11) is 0. The SMILES string of the molecule is CC(C)N1C(C)CC(C)(C(C)C)CC1C. The Balaban J connectivity index is 2.79. The molecule has 0 saturated carbocycles. The van der Waals surface area contributed by atoms with Gasteiger partial charge in [0.05, 0.1) is 0 Å². The zero-order valence-corrected chi connectivity index (χ0v) is 11.7. The van der Waals surface area contributed by atoms with E-state index in [0.29, 0.717) is 11.5 Å². The van der Waals surface area contributed by atoms with Gasteiger partial charge in [-0.1, -0.05) is 20.8 Å². The molecular formula is C14H29N. The van der Waals surface area contributed by atoms with Gasteiger partial charge in [0.15, 0.2) is 0 Å². The number of hydrogen-bond donors (Lipinski definition) is 0. The second-order valence-corrected chi connectivity index (χ2v) is 6.46. The third kappa shape index (κ3) is 2.55. The Morgan fingerprint density at radius 3 is 1.67 bits per heavy atom. The molecule has 15 heavy (non-hydrogen) atoms. The Labute approximate surface area is 96.2 Å². The fourth-order valence-electron chi connectivity index (χ4n) is 3.57. The average molecular weight is 211 g/mol. The Bertz CT molecular complexity index is 195. The second kappa shape index (κ2) is 4.45. The zero-order valence-electron chi connectivity index (χ0n) is 11.7. The minimum absolute atomic E-state index is 0.546. The lowest BCUT2D eigenvalue weighted by molar-refractivity contribution is -0.0184. The second-order valence-electron chi connectivity index (χ2n) is 6.46. The van der Waals surface area contributed by atoms with Crippen LogP contribution in [0.5, 0.6) is 0 Å². The van der Waals surface area contributed by atoms with Crippen LogP contribution in [0.3, 0.4) is 0 Å². The largest absolute Gasteiger partial charge is 0.296 e. The predicted octanol–water partition coefficient (Wildman–Crippen LogP) is 3.93. The van der Waals surface area contributed by atoms with Gasteiger partial charge in [0, 0.05) is 18.1 Å². The summed E-state index contributed by atoms with van der Waals surface area (Å²) in [6, 6.07) is 2.16. The van der Waals surface area contributed by atoms with Gasteiger partial charge in [-0.25, -0.2) is 0 Å². The maximum atomic E-state index is 2.68. The van der Waals surface area contributed by atoms with Gasteiger partial charge in [0.1, 0.15) is 0 Å². The Kier molecular flexibility index (Phi) is 3.86. The molecule has 0 amide bonds. The van der Waals surface area contributed by atoms with Gasteiger partial charge in [-0.05, 0) is 51.9 Å². The molecule has 0 N–H and O–H groups in total. The van der Waals surface area contributed by atoms with Crippen molar-refractivity contribution in [1.82, 2.24) is 4.90 Å².